The molecule has 0 aliphatic rings. The Bertz CT molecular complexity index is 157. The van der Waals surface area contributed by atoms with Crippen LogP contribution in [0.2, 0.25) is 0 Å². The molecular weight excluding hydrogens is 210 g/mol. The first kappa shape index (κ1) is 16.5. The summed E-state index contributed by atoms with van der Waals surface area (Å²) in [5.74, 6) is 0. The summed E-state index contributed by atoms with van der Waals surface area (Å²) in [6.07, 6.45) is 18.3. The Kier molecular flexibility index (Phi) is 15.0. The van der Waals surface area contributed by atoms with Gasteiger partial charge < -0.3 is 4.84 Å². The van der Waals surface area contributed by atoms with Gasteiger partial charge >= 0.3 is 0 Å². The highest BCUT2D eigenvalue weighted by Gasteiger charge is 1.92. The summed E-state index contributed by atoms with van der Waals surface area (Å²) < 4.78 is 0. The third-order valence-corrected chi connectivity index (χ3v) is 3.12. The van der Waals surface area contributed by atoms with Gasteiger partial charge in [0.2, 0.25) is 0 Å². The van der Waals surface area contributed by atoms with Crippen molar-refractivity contribution >= 4 is 6.21 Å². The lowest BCUT2D eigenvalue weighted by molar-refractivity contribution is 0.214. The molecule has 0 aliphatic heterocycles. The van der Waals surface area contributed by atoms with Crippen LogP contribution in [-0.4, -0.2) is 13.3 Å². The van der Waals surface area contributed by atoms with Crippen molar-refractivity contribution in [1.82, 2.24) is 0 Å². The summed E-state index contributed by atoms with van der Waals surface area (Å²) in [5, 5.41) is 3.73. The zero-order valence-electron chi connectivity index (χ0n) is 11.9. The molecule has 2 heteroatoms. The number of oxime groups is 1. The molecule has 0 atom stereocenters. The fourth-order valence-corrected chi connectivity index (χ4v) is 2.03. The maximum atomic E-state index is 4.61. The van der Waals surface area contributed by atoms with Crippen LogP contribution in [0.4, 0.5) is 0 Å². The van der Waals surface area contributed by atoms with Crippen molar-refractivity contribution in [2.45, 2.75) is 84.0 Å². The van der Waals surface area contributed by atoms with Crippen molar-refractivity contribution in [2.75, 3.05) is 7.11 Å². The van der Waals surface area contributed by atoms with E-state index in [4.69, 9.17) is 0 Å². The standard InChI is InChI=1S/C15H31NO/c1-3-4-5-6-7-8-9-10-11-12-13-14-15-16-17-2/h15H,3-14H2,1-2H3/b16-15+. The molecule has 0 bridgehead atoms. The fraction of sp³-hybridized carbons (Fsp3) is 0.933. The topological polar surface area (TPSA) is 21.6 Å². The number of hydrogen-bond donors (Lipinski definition) is 0. The Hall–Kier alpha value is -0.530. The number of unbranched alkanes of at least 4 members (excludes halogenated alkanes) is 11. The van der Waals surface area contributed by atoms with Crippen LogP contribution < -0.4 is 0 Å². The molecule has 0 saturated heterocycles. The first-order chi connectivity index (χ1) is 8.41. The maximum absolute atomic E-state index is 4.61. The molecular formula is C15H31NO. The molecule has 17 heavy (non-hydrogen) atoms. The molecule has 102 valence electrons. The molecule has 0 aromatic carbocycles. The monoisotopic (exact) mass is 241 g/mol. The third kappa shape index (κ3) is 15.5. The average Bonchev–Trinajstić information content (AvgIpc) is 2.35. The lowest BCUT2D eigenvalue weighted by atomic mass is 10.1. The highest BCUT2D eigenvalue weighted by molar-refractivity contribution is 5.55. The summed E-state index contributed by atoms with van der Waals surface area (Å²) >= 11 is 0. The summed E-state index contributed by atoms with van der Waals surface area (Å²) in [6.45, 7) is 2.28. The van der Waals surface area contributed by atoms with Crippen LogP contribution in [-0.2, 0) is 4.84 Å². The van der Waals surface area contributed by atoms with E-state index in [2.05, 4.69) is 16.9 Å². The molecule has 0 unspecified atom stereocenters. The van der Waals surface area contributed by atoms with Gasteiger partial charge in [-0.1, -0.05) is 76.3 Å². The van der Waals surface area contributed by atoms with E-state index in [1.54, 1.807) is 7.11 Å². The van der Waals surface area contributed by atoms with Crippen molar-refractivity contribution in [3.8, 4) is 0 Å². The Morgan fingerprint density at radius 3 is 1.71 bits per heavy atom. The molecule has 0 spiro atoms. The predicted octanol–water partition coefficient (Wildman–Crippen LogP) is 5.32. The van der Waals surface area contributed by atoms with E-state index in [0.29, 0.717) is 0 Å². The zero-order valence-corrected chi connectivity index (χ0v) is 11.9. The van der Waals surface area contributed by atoms with Gasteiger partial charge in [0.25, 0.3) is 0 Å². The molecule has 0 aromatic rings. The second kappa shape index (κ2) is 15.5. The Labute approximate surface area is 108 Å². The first-order valence-electron chi connectivity index (χ1n) is 7.46. The zero-order chi connectivity index (χ0) is 12.6. The minimum absolute atomic E-state index is 1.06. The molecule has 0 heterocycles. The molecule has 0 fully saturated rings. The van der Waals surface area contributed by atoms with Gasteiger partial charge in [-0.15, -0.1) is 0 Å². The Balaban J connectivity index is 2.91. The summed E-state index contributed by atoms with van der Waals surface area (Å²) in [7, 11) is 1.59. The van der Waals surface area contributed by atoms with Crippen molar-refractivity contribution in [2.24, 2.45) is 5.16 Å². The smallest absolute Gasteiger partial charge is 0.106 e. The minimum atomic E-state index is 1.06. The molecule has 0 saturated carbocycles. The van der Waals surface area contributed by atoms with Crippen molar-refractivity contribution in [3.63, 3.8) is 0 Å². The van der Waals surface area contributed by atoms with Crippen LogP contribution in [0.3, 0.4) is 0 Å². The predicted molar refractivity (Wildman–Crippen MR) is 76.6 cm³/mol. The van der Waals surface area contributed by atoms with Crippen LogP contribution in [0.25, 0.3) is 0 Å². The largest absolute Gasteiger partial charge is 0.399 e. The Morgan fingerprint density at radius 2 is 1.24 bits per heavy atom. The Morgan fingerprint density at radius 1 is 0.765 bits per heavy atom. The van der Waals surface area contributed by atoms with E-state index in [9.17, 15) is 0 Å². The second-order valence-electron chi connectivity index (χ2n) is 4.79. The fourth-order valence-electron chi connectivity index (χ4n) is 2.03. The van der Waals surface area contributed by atoms with E-state index in [1.807, 2.05) is 6.21 Å². The van der Waals surface area contributed by atoms with E-state index >= 15 is 0 Å². The van der Waals surface area contributed by atoms with Crippen molar-refractivity contribution < 1.29 is 4.84 Å². The first-order valence-corrected chi connectivity index (χ1v) is 7.46. The van der Waals surface area contributed by atoms with Gasteiger partial charge in [0.15, 0.2) is 0 Å². The van der Waals surface area contributed by atoms with Gasteiger partial charge in [-0.25, -0.2) is 0 Å². The molecule has 0 rings (SSSR count). The van der Waals surface area contributed by atoms with Gasteiger partial charge in [0.1, 0.15) is 7.11 Å². The van der Waals surface area contributed by atoms with E-state index in [1.165, 1.54) is 70.6 Å². The van der Waals surface area contributed by atoms with Crippen LogP contribution in [0.1, 0.15) is 84.0 Å². The van der Waals surface area contributed by atoms with Crippen LogP contribution >= 0.6 is 0 Å². The van der Waals surface area contributed by atoms with Crippen molar-refractivity contribution in [1.29, 1.82) is 0 Å². The number of hydrogen-bond acceptors (Lipinski definition) is 2. The van der Waals surface area contributed by atoms with Crippen molar-refractivity contribution in [3.05, 3.63) is 0 Å². The summed E-state index contributed by atoms with van der Waals surface area (Å²) in [6, 6.07) is 0. The maximum Gasteiger partial charge on any atom is 0.106 e. The van der Waals surface area contributed by atoms with Gasteiger partial charge in [0, 0.05) is 6.21 Å². The van der Waals surface area contributed by atoms with Crippen LogP contribution in [0.5, 0.6) is 0 Å². The third-order valence-electron chi connectivity index (χ3n) is 3.12. The number of nitrogens with zero attached hydrogens (tertiary/aromatic N) is 1. The highest BCUT2D eigenvalue weighted by Crippen LogP contribution is 2.11. The minimum Gasteiger partial charge on any atom is -0.399 e. The molecule has 0 N–H and O–H groups in total. The quantitative estimate of drug-likeness (QED) is 0.243. The molecule has 0 aliphatic carbocycles. The summed E-state index contributed by atoms with van der Waals surface area (Å²) in [5.41, 5.74) is 0. The highest BCUT2D eigenvalue weighted by atomic mass is 16.6. The van der Waals surface area contributed by atoms with Crippen LogP contribution in [0, 0.1) is 0 Å². The molecule has 2 nitrogen and oxygen atoms in total. The van der Waals surface area contributed by atoms with Gasteiger partial charge in [-0.05, 0) is 12.8 Å². The number of rotatable bonds is 13. The molecule has 0 aromatic heterocycles. The lowest BCUT2D eigenvalue weighted by Crippen LogP contribution is -1.83. The lowest BCUT2D eigenvalue weighted by Gasteiger charge is -2.01. The van der Waals surface area contributed by atoms with E-state index in [0.717, 1.165) is 6.42 Å². The van der Waals surface area contributed by atoms with Crippen LogP contribution in [0.15, 0.2) is 5.16 Å². The second-order valence-corrected chi connectivity index (χ2v) is 4.79. The molecule has 0 amide bonds. The van der Waals surface area contributed by atoms with Gasteiger partial charge in [0.05, 0.1) is 0 Å². The van der Waals surface area contributed by atoms with E-state index < -0.39 is 0 Å². The summed E-state index contributed by atoms with van der Waals surface area (Å²) in [4.78, 5) is 4.61. The van der Waals surface area contributed by atoms with Gasteiger partial charge in [-0.3, -0.25) is 0 Å². The van der Waals surface area contributed by atoms with Gasteiger partial charge in [-0.2, -0.15) is 0 Å². The SMILES string of the molecule is CCCCCCCCCCCCC/C=N/OC. The average molecular weight is 241 g/mol. The normalized spacial score (nSPS) is 11.2. The molecule has 0 radical (unpaired) electrons. The van der Waals surface area contributed by atoms with E-state index in [-0.39, 0.29) is 0 Å².